The number of carboxylic acids is 1. The Balaban J connectivity index is 1.42. The summed E-state index contributed by atoms with van der Waals surface area (Å²) in [6, 6.07) is -0.847. The average Bonchev–Trinajstić information content (AvgIpc) is 3.40. The summed E-state index contributed by atoms with van der Waals surface area (Å²) in [7, 11) is 1.41. The molecule has 37 heavy (non-hydrogen) atoms. The molecule has 0 bridgehead atoms. The lowest BCUT2D eigenvalue weighted by atomic mass is 9.79. The van der Waals surface area contributed by atoms with Gasteiger partial charge in [-0.3, -0.25) is 14.4 Å². The maximum atomic E-state index is 13.3. The van der Waals surface area contributed by atoms with E-state index in [0.717, 1.165) is 0 Å². The predicted molar refractivity (Wildman–Crippen MR) is 133 cm³/mol. The summed E-state index contributed by atoms with van der Waals surface area (Å²) in [6.45, 7) is 6.42. The maximum absolute atomic E-state index is 13.3. The van der Waals surface area contributed by atoms with Crippen molar-refractivity contribution in [1.29, 1.82) is 0 Å². The number of amides is 2. The molecule has 4 aliphatic heterocycles. The number of likely N-dealkylation sites (tertiary alicyclic amines) is 1. The minimum atomic E-state index is -1.17. The van der Waals surface area contributed by atoms with Gasteiger partial charge in [0.05, 0.1) is 36.4 Å². The fourth-order valence-corrected chi connectivity index (χ4v) is 7.26. The lowest BCUT2D eigenvalue weighted by molar-refractivity contribution is -0.163. The van der Waals surface area contributed by atoms with Gasteiger partial charge in [0, 0.05) is 42.1 Å². The summed E-state index contributed by atoms with van der Waals surface area (Å²) in [4.78, 5) is 58.9. The summed E-state index contributed by atoms with van der Waals surface area (Å²) >= 11 is 1.39. The van der Waals surface area contributed by atoms with Gasteiger partial charge in [-0.15, -0.1) is 11.8 Å². The first-order chi connectivity index (χ1) is 17.6. The zero-order chi connectivity index (χ0) is 27.0. The van der Waals surface area contributed by atoms with Gasteiger partial charge < -0.3 is 34.9 Å². The van der Waals surface area contributed by atoms with Gasteiger partial charge in [0.25, 0.3) is 0 Å². The minimum Gasteiger partial charge on any atom is -0.477 e. The molecule has 0 aromatic heterocycles. The van der Waals surface area contributed by atoms with Crippen LogP contribution >= 0.6 is 11.8 Å². The first-order valence-electron chi connectivity index (χ1n) is 12.5. The van der Waals surface area contributed by atoms with Crippen molar-refractivity contribution in [2.75, 3.05) is 33.4 Å². The molecule has 12 nitrogen and oxygen atoms in total. The molecule has 4 aliphatic rings. The van der Waals surface area contributed by atoms with Crippen molar-refractivity contribution in [3.63, 3.8) is 0 Å². The van der Waals surface area contributed by atoms with E-state index in [9.17, 15) is 29.4 Å². The zero-order valence-corrected chi connectivity index (χ0v) is 22.2. The van der Waals surface area contributed by atoms with E-state index in [0.29, 0.717) is 36.5 Å². The van der Waals surface area contributed by atoms with E-state index in [1.54, 1.807) is 18.7 Å². The minimum absolute atomic E-state index is 0.0163. The molecule has 3 fully saturated rings. The van der Waals surface area contributed by atoms with Gasteiger partial charge in [0.2, 0.25) is 11.8 Å². The summed E-state index contributed by atoms with van der Waals surface area (Å²) in [5.41, 5.74) is 0.535. The van der Waals surface area contributed by atoms with Crippen molar-refractivity contribution < 1.29 is 39.0 Å². The number of carbonyl (C=O) groups is 4. The number of piperidine rings is 1. The molecule has 1 unspecified atom stereocenters. The van der Waals surface area contributed by atoms with Crippen LogP contribution in [0.3, 0.4) is 0 Å². The predicted octanol–water partition coefficient (Wildman–Crippen LogP) is 0.0178. The van der Waals surface area contributed by atoms with E-state index < -0.39 is 35.9 Å². The number of carbonyl (C=O) groups excluding carboxylic acids is 3. The van der Waals surface area contributed by atoms with Crippen LogP contribution in [0.5, 0.6) is 0 Å². The number of ether oxygens (including phenoxy) is 1. The van der Waals surface area contributed by atoms with Gasteiger partial charge in [0.15, 0.2) is 0 Å². The zero-order valence-electron chi connectivity index (χ0n) is 21.4. The number of β-lactam (4-membered cyclic amide) rings is 1. The summed E-state index contributed by atoms with van der Waals surface area (Å²) in [6.07, 6.45) is 0.0175. The molecule has 0 spiro atoms. The molecule has 4 rings (SSSR count). The van der Waals surface area contributed by atoms with Crippen LogP contribution in [0.2, 0.25) is 0 Å². The smallest absolute Gasteiger partial charge is 0.353 e. The Kier molecular flexibility index (Phi) is 8.14. The number of hydrogen-bond donors (Lipinski definition) is 3. The second-order valence-electron chi connectivity index (χ2n) is 9.81. The van der Waals surface area contributed by atoms with Crippen LogP contribution in [0, 0.1) is 17.8 Å². The van der Waals surface area contributed by atoms with Crippen LogP contribution in [-0.4, -0.2) is 106 Å². The third-order valence-electron chi connectivity index (χ3n) is 7.53. The fraction of sp³-hybridized carbons (Fsp3) is 0.708. The van der Waals surface area contributed by atoms with E-state index in [1.165, 1.54) is 23.8 Å². The number of aliphatic hydroxyl groups is 1. The highest BCUT2D eigenvalue weighted by atomic mass is 32.2. The Labute approximate surface area is 219 Å². The molecular weight excluding hydrogens is 504 g/mol. The van der Waals surface area contributed by atoms with Crippen molar-refractivity contribution in [3.8, 4) is 0 Å². The topological polar surface area (TPSA) is 158 Å². The molecule has 0 radical (unpaired) electrons. The number of aliphatic hydroxyl groups excluding tert-OH is 1. The van der Waals surface area contributed by atoms with E-state index >= 15 is 0 Å². The third-order valence-corrected chi connectivity index (χ3v) is 9.04. The molecule has 13 heteroatoms. The van der Waals surface area contributed by atoms with Crippen LogP contribution in [0.15, 0.2) is 15.8 Å². The van der Waals surface area contributed by atoms with Crippen LogP contribution in [0.1, 0.15) is 33.6 Å². The normalized spacial score (nSPS) is 33.3. The van der Waals surface area contributed by atoms with Crippen LogP contribution in [0.25, 0.3) is 0 Å². The molecule has 0 aromatic carbocycles. The van der Waals surface area contributed by atoms with E-state index in [-0.39, 0.29) is 47.9 Å². The van der Waals surface area contributed by atoms with Crippen molar-refractivity contribution >= 4 is 41.2 Å². The maximum Gasteiger partial charge on any atom is 0.353 e. The van der Waals surface area contributed by atoms with Gasteiger partial charge in [-0.05, 0) is 20.3 Å². The molecule has 0 aliphatic carbocycles. The Bertz CT molecular complexity index is 1030. The highest BCUT2D eigenvalue weighted by molar-refractivity contribution is 8.03. The molecule has 2 amide bonds. The number of nitrogens with one attached hydrogen (secondary N) is 1. The number of hydrogen-bond acceptors (Lipinski definition) is 10. The average molecular weight is 539 g/mol. The number of aliphatic carboxylic acids is 1. The largest absolute Gasteiger partial charge is 0.477 e. The summed E-state index contributed by atoms with van der Waals surface area (Å²) in [5, 5.41) is 27.0. The molecule has 0 aromatic rings. The first-order valence-corrected chi connectivity index (χ1v) is 13.4. The number of carboxylic acid groups (broad SMARTS) is 1. The fourth-order valence-electron chi connectivity index (χ4n) is 5.78. The summed E-state index contributed by atoms with van der Waals surface area (Å²) in [5.74, 6) is -3.63. The van der Waals surface area contributed by atoms with Gasteiger partial charge in [-0.2, -0.15) is 0 Å². The van der Waals surface area contributed by atoms with Crippen molar-refractivity contribution in [2.24, 2.45) is 22.9 Å². The van der Waals surface area contributed by atoms with Crippen LogP contribution < -0.4 is 5.32 Å². The Morgan fingerprint density at radius 2 is 2.05 bits per heavy atom. The first kappa shape index (κ1) is 27.4. The standard InChI is InChI=1S/C24H34N4O8S/c1-5-36-24(34)14-10-27(7-6-15(14)26-35-4)21(30)16-8-13(9-25-16)37-20-11(2)18-17(12(3)29)22(31)28(18)19(20)23(32)33/h11-14,16-18,25,29H,5-10H2,1-4H3,(H,32,33)/b26-15+/t11-,12-,13+,14?,16+,17-,18-/m1/s1. The number of thioether (sulfide) groups is 1. The quantitative estimate of drug-likeness (QED) is 0.218. The number of esters is 1. The van der Waals surface area contributed by atoms with Crippen molar-refractivity contribution in [1.82, 2.24) is 15.1 Å². The number of nitrogens with zero attached hydrogens (tertiary/aromatic N) is 3. The van der Waals surface area contributed by atoms with Gasteiger partial charge in [-0.1, -0.05) is 12.1 Å². The van der Waals surface area contributed by atoms with Gasteiger partial charge in [-0.25, -0.2) is 4.79 Å². The molecule has 3 N–H and O–H groups in total. The van der Waals surface area contributed by atoms with Crippen molar-refractivity contribution in [3.05, 3.63) is 10.6 Å². The van der Waals surface area contributed by atoms with Crippen LogP contribution in [-0.2, 0) is 28.8 Å². The SMILES string of the molecule is CCOC(=O)C1CN(C(=O)[C@@H]2C[C@H](SC3=C(C(=O)O)N4C(=O)[C@H]([C@@H](C)O)[C@H]4[C@H]3C)CN2)CC/C1=N\OC. The third kappa shape index (κ3) is 4.96. The van der Waals surface area contributed by atoms with E-state index in [2.05, 4.69) is 10.5 Å². The Hall–Kier alpha value is -2.64. The van der Waals surface area contributed by atoms with Crippen LogP contribution in [0.4, 0.5) is 0 Å². The second kappa shape index (κ2) is 11.0. The van der Waals surface area contributed by atoms with Gasteiger partial charge in [0.1, 0.15) is 18.7 Å². The van der Waals surface area contributed by atoms with E-state index in [4.69, 9.17) is 9.57 Å². The number of oxime groups is 1. The Morgan fingerprint density at radius 3 is 2.68 bits per heavy atom. The molecule has 0 saturated carbocycles. The second-order valence-corrected chi connectivity index (χ2v) is 11.2. The monoisotopic (exact) mass is 538 g/mol. The highest BCUT2D eigenvalue weighted by Crippen LogP contribution is 2.51. The molecule has 3 saturated heterocycles. The molecule has 204 valence electrons. The highest BCUT2D eigenvalue weighted by Gasteiger charge is 2.60. The lowest BCUT2D eigenvalue weighted by Gasteiger charge is -2.46. The van der Waals surface area contributed by atoms with Crippen molar-refractivity contribution in [2.45, 2.75) is 57.1 Å². The molecule has 4 heterocycles. The Morgan fingerprint density at radius 1 is 1.32 bits per heavy atom. The molecular formula is C24H34N4O8S. The molecule has 7 atom stereocenters. The van der Waals surface area contributed by atoms with Gasteiger partial charge >= 0.3 is 11.9 Å². The number of rotatable bonds is 8. The summed E-state index contributed by atoms with van der Waals surface area (Å²) < 4.78 is 5.17. The van der Waals surface area contributed by atoms with E-state index in [1.807, 2.05) is 6.92 Å². The number of fused-ring (bicyclic) bond motifs is 1. The lowest BCUT2D eigenvalue weighted by Crippen LogP contribution is -2.63.